The molecular weight excluding hydrogens is 450 g/mol. The van der Waals surface area contributed by atoms with Crippen LogP contribution in [-0.4, -0.2) is 43.7 Å². The lowest BCUT2D eigenvalue weighted by atomic mass is 10.1. The number of aryl methyl sites for hydroxylation is 1. The number of fused-ring (bicyclic) bond motifs is 1. The quantitative estimate of drug-likeness (QED) is 0.429. The van der Waals surface area contributed by atoms with Gasteiger partial charge in [-0.3, -0.25) is 4.79 Å². The Morgan fingerprint density at radius 1 is 1.03 bits per heavy atom. The van der Waals surface area contributed by atoms with E-state index < -0.39 is 0 Å². The number of aromatic nitrogens is 5. The zero-order chi connectivity index (χ0) is 24.5. The molecule has 2 aliphatic rings. The van der Waals surface area contributed by atoms with Gasteiger partial charge in [0.25, 0.3) is 5.91 Å². The monoisotopic (exact) mass is 481 g/mol. The summed E-state index contributed by atoms with van der Waals surface area (Å²) in [5.41, 5.74) is 4.00. The zero-order valence-corrected chi connectivity index (χ0v) is 20.7. The Morgan fingerprint density at radius 2 is 1.86 bits per heavy atom. The minimum absolute atomic E-state index is 0.121. The van der Waals surface area contributed by atoms with Gasteiger partial charge in [-0.05, 0) is 62.4 Å². The topological polar surface area (TPSA) is 88.8 Å². The summed E-state index contributed by atoms with van der Waals surface area (Å²) in [7, 11) is 0. The third kappa shape index (κ3) is 4.55. The van der Waals surface area contributed by atoms with Crippen molar-refractivity contribution in [3.8, 4) is 5.82 Å². The highest BCUT2D eigenvalue weighted by Crippen LogP contribution is 2.40. The maximum atomic E-state index is 13.5. The van der Waals surface area contributed by atoms with Crippen LogP contribution in [0.25, 0.3) is 16.9 Å². The molecule has 0 spiro atoms. The van der Waals surface area contributed by atoms with Gasteiger partial charge in [-0.1, -0.05) is 25.0 Å². The van der Waals surface area contributed by atoms with Gasteiger partial charge in [0.1, 0.15) is 5.82 Å². The van der Waals surface area contributed by atoms with Crippen molar-refractivity contribution in [2.24, 2.45) is 0 Å². The fraction of sp³-hybridized carbons (Fsp3) is 0.393. The van der Waals surface area contributed by atoms with E-state index in [1.165, 1.54) is 25.7 Å². The Balaban J connectivity index is 1.25. The fourth-order valence-electron chi connectivity index (χ4n) is 5.00. The average Bonchev–Trinajstić information content (AvgIpc) is 3.75. The second-order valence-corrected chi connectivity index (χ2v) is 9.86. The number of nitrogens with zero attached hydrogens (tertiary/aromatic N) is 6. The minimum Gasteiger partial charge on any atom is -0.357 e. The lowest BCUT2D eigenvalue weighted by Crippen LogP contribution is -2.25. The first-order valence-electron chi connectivity index (χ1n) is 13.0. The van der Waals surface area contributed by atoms with Crippen LogP contribution in [0.3, 0.4) is 0 Å². The highest BCUT2D eigenvalue weighted by molar-refractivity contribution is 6.06. The van der Waals surface area contributed by atoms with Crippen LogP contribution in [0.2, 0.25) is 0 Å². The summed E-state index contributed by atoms with van der Waals surface area (Å²) in [6.45, 7) is 4.47. The van der Waals surface area contributed by atoms with E-state index >= 15 is 0 Å². The van der Waals surface area contributed by atoms with Gasteiger partial charge in [0, 0.05) is 43.6 Å². The molecule has 8 heteroatoms. The molecule has 1 aliphatic carbocycles. The maximum absolute atomic E-state index is 13.5. The van der Waals surface area contributed by atoms with Crippen molar-refractivity contribution in [3.63, 3.8) is 0 Å². The Morgan fingerprint density at radius 3 is 2.56 bits per heavy atom. The molecule has 6 rings (SSSR count). The second kappa shape index (κ2) is 9.68. The van der Waals surface area contributed by atoms with Crippen LogP contribution < -0.4 is 10.2 Å². The lowest BCUT2D eigenvalue weighted by Gasteiger charge is -2.21. The molecule has 0 atom stereocenters. The molecule has 1 N–H and O–H groups in total. The SMILES string of the molecule is Cc1nn(-c2ccccn2)c2nc(C3CC3)cc(C(=O)NCc3ccc(N4CCCCCC4)nc3)c12. The number of rotatable bonds is 6. The molecule has 184 valence electrons. The number of amides is 1. The van der Waals surface area contributed by atoms with E-state index in [0.29, 0.717) is 29.5 Å². The fourth-order valence-corrected chi connectivity index (χ4v) is 5.00. The van der Waals surface area contributed by atoms with Crippen LogP contribution >= 0.6 is 0 Å². The van der Waals surface area contributed by atoms with Crippen molar-refractivity contribution in [1.82, 2.24) is 30.0 Å². The summed E-state index contributed by atoms with van der Waals surface area (Å²) in [6.07, 6.45) is 10.9. The molecule has 1 amide bonds. The highest BCUT2D eigenvalue weighted by atomic mass is 16.1. The molecule has 1 aliphatic heterocycles. The number of hydrogen-bond acceptors (Lipinski definition) is 6. The van der Waals surface area contributed by atoms with E-state index in [2.05, 4.69) is 32.3 Å². The van der Waals surface area contributed by atoms with E-state index in [-0.39, 0.29) is 5.91 Å². The third-order valence-electron chi connectivity index (χ3n) is 7.13. The molecule has 2 fully saturated rings. The lowest BCUT2D eigenvalue weighted by molar-refractivity contribution is 0.0952. The van der Waals surface area contributed by atoms with Crippen molar-refractivity contribution < 1.29 is 4.79 Å². The van der Waals surface area contributed by atoms with Crippen LogP contribution in [-0.2, 0) is 6.54 Å². The molecule has 0 radical (unpaired) electrons. The Labute approximate surface area is 210 Å². The van der Waals surface area contributed by atoms with Gasteiger partial charge in [0.15, 0.2) is 11.5 Å². The zero-order valence-electron chi connectivity index (χ0n) is 20.7. The van der Waals surface area contributed by atoms with Crippen molar-refractivity contribution in [2.75, 3.05) is 18.0 Å². The molecule has 36 heavy (non-hydrogen) atoms. The molecule has 1 saturated carbocycles. The molecule has 5 heterocycles. The van der Waals surface area contributed by atoms with E-state index in [1.807, 2.05) is 37.4 Å². The number of carbonyl (C=O) groups is 1. The maximum Gasteiger partial charge on any atom is 0.252 e. The van der Waals surface area contributed by atoms with Gasteiger partial charge >= 0.3 is 0 Å². The van der Waals surface area contributed by atoms with Gasteiger partial charge in [-0.25, -0.2) is 15.0 Å². The van der Waals surface area contributed by atoms with Crippen LogP contribution in [0.4, 0.5) is 5.82 Å². The largest absolute Gasteiger partial charge is 0.357 e. The molecular formula is C28H31N7O. The first kappa shape index (κ1) is 22.6. The van der Waals surface area contributed by atoms with Crippen LogP contribution in [0.1, 0.15) is 71.8 Å². The highest BCUT2D eigenvalue weighted by Gasteiger charge is 2.29. The number of nitrogens with one attached hydrogen (secondary N) is 1. The van der Waals surface area contributed by atoms with Gasteiger partial charge in [0.2, 0.25) is 0 Å². The van der Waals surface area contributed by atoms with Crippen LogP contribution in [0.5, 0.6) is 0 Å². The van der Waals surface area contributed by atoms with Gasteiger partial charge in [-0.2, -0.15) is 9.78 Å². The van der Waals surface area contributed by atoms with Gasteiger partial charge in [-0.15, -0.1) is 0 Å². The normalized spacial score (nSPS) is 16.2. The standard InChI is InChI=1S/C28H31N7O/c1-19-26-22(16-23(21-10-11-21)32-27(26)35(33-19)25-8-4-5-13-29-25)28(36)31-18-20-9-12-24(30-17-20)34-14-6-2-3-7-15-34/h4-5,8-9,12-13,16-17,21H,2-3,6-7,10-11,14-15,18H2,1H3,(H,31,36). The summed E-state index contributed by atoms with van der Waals surface area (Å²) < 4.78 is 1.75. The predicted molar refractivity (Wildman–Crippen MR) is 139 cm³/mol. The molecule has 1 saturated heterocycles. The van der Waals surface area contributed by atoms with E-state index in [4.69, 9.17) is 10.1 Å². The summed E-state index contributed by atoms with van der Waals surface area (Å²) in [4.78, 5) is 29.9. The van der Waals surface area contributed by atoms with E-state index in [9.17, 15) is 4.79 Å². The Kier molecular flexibility index (Phi) is 6.09. The predicted octanol–water partition coefficient (Wildman–Crippen LogP) is 4.71. The van der Waals surface area contributed by atoms with Crippen molar-refractivity contribution in [3.05, 3.63) is 71.3 Å². The second-order valence-electron chi connectivity index (χ2n) is 9.86. The van der Waals surface area contributed by atoms with E-state index in [0.717, 1.165) is 54.1 Å². The number of pyridine rings is 3. The van der Waals surface area contributed by atoms with Crippen molar-refractivity contribution >= 4 is 22.8 Å². The first-order valence-corrected chi connectivity index (χ1v) is 13.0. The summed E-state index contributed by atoms with van der Waals surface area (Å²) in [5, 5.41) is 8.58. The van der Waals surface area contributed by atoms with E-state index in [1.54, 1.807) is 10.9 Å². The molecule has 0 aromatic carbocycles. The number of hydrogen-bond donors (Lipinski definition) is 1. The number of anilines is 1. The van der Waals surface area contributed by atoms with Crippen LogP contribution in [0, 0.1) is 6.92 Å². The summed E-state index contributed by atoms with van der Waals surface area (Å²) >= 11 is 0. The third-order valence-corrected chi connectivity index (χ3v) is 7.13. The molecule has 0 unspecified atom stereocenters. The smallest absolute Gasteiger partial charge is 0.252 e. The molecule has 8 nitrogen and oxygen atoms in total. The number of carbonyl (C=O) groups excluding carboxylic acids is 1. The van der Waals surface area contributed by atoms with Crippen molar-refractivity contribution in [1.29, 1.82) is 0 Å². The summed E-state index contributed by atoms with van der Waals surface area (Å²) in [5.74, 6) is 2.00. The Bertz CT molecular complexity index is 1370. The summed E-state index contributed by atoms with van der Waals surface area (Å²) in [6, 6.07) is 11.8. The molecule has 0 bridgehead atoms. The molecule has 4 aromatic heterocycles. The van der Waals surface area contributed by atoms with Crippen LogP contribution in [0.15, 0.2) is 48.8 Å². The first-order chi connectivity index (χ1) is 17.7. The van der Waals surface area contributed by atoms with Crippen molar-refractivity contribution in [2.45, 2.75) is 57.9 Å². The molecule has 4 aromatic rings. The average molecular weight is 482 g/mol. The minimum atomic E-state index is -0.121. The Hall–Kier alpha value is -3.81. The van der Waals surface area contributed by atoms with Gasteiger partial charge < -0.3 is 10.2 Å². The van der Waals surface area contributed by atoms with Gasteiger partial charge in [0.05, 0.1) is 16.6 Å².